The molecule has 3 unspecified atom stereocenters. The fourth-order valence-corrected chi connectivity index (χ4v) is 3.86. The van der Waals surface area contributed by atoms with Gasteiger partial charge < -0.3 is 15.0 Å². The lowest BCUT2D eigenvalue weighted by Gasteiger charge is -2.44. The second-order valence-electron chi connectivity index (χ2n) is 6.83. The minimum absolute atomic E-state index is 0.0518. The van der Waals surface area contributed by atoms with E-state index in [-0.39, 0.29) is 5.97 Å². The van der Waals surface area contributed by atoms with Crippen LogP contribution in [0.15, 0.2) is 0 Å². The molecule has 0 heterocycles. The smallest absolute Gasteiger partial charge is 0.326 e. The highest BCUT2D eigenvalue weighted by Gasteiger charge is 2.45. The van der Waals surface area contributed by atoms with E-state index in [0.717, 1.165) is 31.7 Å². The maximum absolute atomic E-state index is 12.5. The normalized spacial score (nSPS) is 31.2. The first-order chi connectivity index (χ1) is 10.0. The zero-order valence-corrected chi connectivity index (χ0v) is 14.2. The van der Waals surface area contributed by atoms with Gasteiger partial charge in [0.25, 0.3) is 0 Å². The van der Waals surface area contributed by atoms with Gasteiger partial charge in [0.15, 0.2) is 0 Å². The molecule has 2 saturated carbocycles. The van der Waals surface area contributed by atoms with Crippen LogP contribution in [0.5, 0.6) is 0 Å². The molecule has 0 aromatic carbocycles. The highest BCUT2D eigenvalue weighted by atomic mass is 16.5. The second kappa shape index (κ2) is 7.10. The Morgan fingerprint density at radius 3 is 2.67 bits per heavy atom. The Balaban J connectivity index is 2.06. The van der Waals surface area contributed by atoms with Gasteiger partial charge in [-0.25, -0.2) is 0 Å². The summed E-state index contributed by atoms with van der Waals surface area (Å²) >= 11 is 0. The Labute approximate surface area is 129 Å². The van der Waals surface area contributed by atoms with Crippen LogP contribution in [0.4, 0.5) is 0 Å². The maximum atomic E-state index is 12.5. The van der Waals surface area contributed by atoms with Gasteiger partial charge in [-0.2, -0.15) is 0 Å². The number of likely N-dealkylation sites (N-methyl/N-ethyl adjacent to an activating group) is 1. The summed E-state index contributed by atoms with van der Waals surface area (Å²) in [5.74, 6) is 0.817. The largest absolute Gasteiger partial charge is 0.465 e. The van der Waals surface area contributed by atoms with E-state index in [1.165, 1.54) is 19.3 Å². The van der Waals surface area contributed by atoms with Crippen molar-refractivity contribution in [2.75, 3.05) is 20.2 Å². The molecule has 0 aliphatic heterocycles. The van der Waals surface area contributed by atoms with Gasteiger partial charge in [-0.15, -0.1) is 0 Å². The monoisotopic (exact) mass is 296 g/mol. The van der Waals surface area contributed by atoms with E-state index in [2.05, 4.69) is 31.1 Å². The molecule has 4 nitrogen and oxygen atoms in total. The number of carbonyl (C=O) groups is 1. The van der Waals surface area contributed by atoms with Crippen LogP contribution in [0.3, 0.4) is 0 Å². The zero-order valence-electron chi connectivity index (χ0n) is 14.2. The molecular formula is C17H32N2O2. The SMILES string of the molecule is CCNC1(C(=O)OCC)CCCC(N(C)C(C)C2CC2)C1. The van der Waals surface area contributed by atoms with Crippen molar-refractivity contribution in [2.45, 2.75) is 76.9 Å². The summed E-state index contributed by atoms with van der Waals surface area (Å²) in [7, 11) is 2.24. The van der Waals surface area contributed by atoms with Crippen molar-refractivity contribution in [1.29, 1.82) is 0 Å². The molecule has 0 spiro atoms. The molecular weight excluding hydrogens is 264 g/mol. The van der Waals surface area contributed by atoms with Crippen LogP contribution in [0.1, 0.15) is 59.3 Å². The van der Waals surface area contributed by atoms with Crippen LogP contribution >= 0.6 is 0 Å². The molecule has 21 heavy (non-hydrogen) atoms. The van der Waals surface area contributed by atoms with E-state index in [9.17, 15) is 4.79 Å². The van der Waals surface area contributed by atoms with Crippen LogP contribution in [-0.4, -0.2) is 48.7 Å². The predicted molar refractivity (Wildman–Crippen MR) is 85.2 cm³/mol. The highest BCUT2D eigenvalue weighted by Crippen LogP contribution is 2.38. The Bertz CT molecular complexity index is 353. The molecule has 1 N–H and O–H groups in total. The van der Waals surface area contributed by atoms with E-state index in [1.54, 1.807) is 0 Å². The van der Waals surface area contributed by atoms with Crippen molar-refractivity contribution in [2.24, 2.45) is 5.92 Å². The minimum Gasteiger partial charge on any atom is -0.465 e. The van der Waals surface area contributed by atoms with Crippen LogP contribution in [0.2, 0.25) is 0 Å². The third kappa shape index (κ3) is 3.78. The maximum Gasteiger partial charge on any atom is 0.326 e. The lowest BCUT2D eigenvalue weighted by molar-refractivity contribution is -0.154. The molecule has 0 bridgehead atoms. The van der Waals surface area contributed by atoms with Crippen molar-refractivity contribution in [3.63, 3.8) is 0 Å². The number of esters is 1. The predicted octanol–water partition coefficient (Wildman–Crippen LogP) is 2.57. The van der Waals surface area contributed by atoms with Crippen molar-refractivity contribution in [3.05, 3.63) is 0 Å². The van der Waals surface area contributed by atoms with E-state index in [4.69, 9.17) is 4.74 Å². The number of hydrogen-bond donors (Lipinski definition) is 1. The Kier molecular flexibility index (Phi) is 5.67. The summed E-state index contributed by atoms with van der Waals surface area (Å²) in [6.07, 6.45) is 6.82. The first-order valence-corrected chi connectivity index (χ1v) is 8.68. The molecule has 3 atom stereocenters. The van der Waals surface area contributed by atoms with Gasteiger partial charge in [-0.05, 0) is 71.9 Å². The average Bonchev–Trinajstić information content (AvgIpc) is 3.31. The Morgan fingerprint density at radius 1 is 1.38 bits per heavy atom. The molecule has 0 aromatic heterocycles. The van der Waals surface area contributed by atoms with Crippen LogP contribution in [-0.2, 0) is 9.53 Å². The van der Waals surface area contributed by atoms with E-state index >= 15 is 0 Å². The topological polar surface area (TPSA) is 41.6 Å². The number of hydrogen-bond acceptors (Lipinski definition) is 4. The number of nitrogens with one attached hydrogen (secondary N) is 1. The quantitative estimate of drug-likeness (QED) is 0.733. The fraction of sp³-hybridized carbons (Fsp3) is 0.941. The minimum atomic E-state index is -0.467. The van der Waals surface area contributed by atoms with Crippen molar-refractivity contribution in [1.82, 2.24) is 10.2 Å². The summed E-state index contributed by atoms with van der Waals surface area (Å²) in [5.41, 5.74) is -0.467. The molecule has 0 saturated heterocycles. The Morgan fingerprint density at radius 2 is 2.10 bits per heavy atom. The van der Waals surface area contributed by atoms with Gasteiger partial charge in [0.2, 0.25) is 0 Å². The summed E-state index contributed by atoms with van der Waals surface area (Å²) in [6, 6.07) is 1.12. The van der Waals surface area contributed by atoms with Gasteiger partial charge in [0, 0.05) is 12.1 Å². The fourth-order valence-electron chi connectivity index (χ4n) is 3.86. The van der Waals surface area contributed by atoms with E-state index < -0.39 is 5.54 Å². The molecule has 122 valence electrons. The van der Waals surface area contributed by atoms with Crippen molar-refractivity contribution in [3.8, 4) is 0 Å². The van der Waals surface area contributed by atoms with Gasteiger partial charge in [-0.1, -0.05) is 6.92 Å². The lowest BCUT2D eigenvalue weighted by Crippen LogP contribution is -2.59. The average molecular weight is 296 g/mol. The third-order valence-corrected chi connectivity index (χ3v) is 5.43. The first-order valence-electron chi connectivity index (χ1n) is 8.68. The number of rotatable bonds is 7. The standard InChI is InChI=1S/C17H32N2O2/c1-5-18-17(16(20)21-6-2)11-7-8-15(12-17)19(4)13(3)14-9-10-14/h13-15,18H,5-12H2,1-4H3. The summed E-state index contributed by atoms with van der Waals surface area (Å²) < 4.78 is 5.37. The van der Waals surface area contributed by atoms with Crippen LogP contribution < -0.4 is 5.32 Å². The summed E-state index contributed by atoms with van der Waals surface area (Å²) in [5, 5.41) is 3.45. The van der Waals surface area contributed by atoms with Crippen molar-refractivity contribution >= 4 is 5.97 Å². The van der Waals surface area contributed by atoms with Gasteiger partial charge in [0.1, 0.15) is 5.54 Å². The van der Waals surface area contributed by atoms with Crippen LogP contribution in [0.25, 0.3) is 0 Å². The third-order valence-electron chi connectivity index (χ3n) is 5.43. The molecule has 0 amide bonds. The number of nitrogens with zero attached hydrogens (tertiary/aromatic N) is 1. The molecule has 2 fully saturated rings. The molecule has 2 aliphatic carbocycles. The Hall–Kier alpha value is -0.610. The molecule has 0 radical (unpaired) electrons. The second-order valence-corrected chi connectivity index (χ2v) is 6.83. The first kappa shape index (κ1) is 16.8. The van der Waals surface area contributed by atoms with E-state index in [0.29, 0.717) is 18.7 Å². The van der Waals surface area contributed by atoms with Crippen LogP contribution in [0, 0.1) is 5.92 Å². The molecule has 2 rings (SSSR count). The summed E-state index contributed by atoms with van der Waals surface area (Å²) in [4.78, 5) is 15.0. The zero-order chi connectivity index (χ0) is 15.5. The van der Waals surface area contributed by atoms with Gasteiger partial charge >= 0.3 is 5.97 Å². The number of ether oxygens (including phenoxy) is 1. The summed E-state index contributed by atoms with van der Waals surface area (Å²) in [6.45, 7) is 7.57. The van der Waals surface area contributed by atoms with Crippen molar-refractivity contribution < 1.29 is 9.53 Å². The van der Waals surface area contributed by atoms with Gasteiger partial charge in [0.05, 0.1) is 6.61 Å². The molecule has 2 aliphatic rings. The highest BCUT2D eigenvalue weighted by molar-refractivity contribution is 5.81. The lowest BCUT2D eigenvalue weighted by atomic mass is 9.78. The van der Waals surface area contributed by atoms with E-state index in [1.807, 2.05) is 6.92 Å². The van der Waals surface area contributed by atoms with Gasteiger partial charge in [-0.3, -0.25) is 4.79 Å². The number of carbonyl (C=O) groups excluding carboxylic acids is 1. The molecule has 0 aromatic rings. The molecule has 4 heteroatoms.